The van der Waals surface area contributed by atoms with Crippen LogP contribution in [0.3, 0.4) is 0 Å². The molecule has 1 aliphatic heterocycles. The van der Waals surface area contributed by atoms with E-state index in [9.17, 15) is 13.2 Å². The van der Waals surface area contributed by atoms with Gasteiger partial charge in [0.15, 0.2) is 0 Å². The van der Waals surface area contributed by atoms with E-state index in [0.29, 0.717) is 0 Å². The molecule has 7 heteroatoms. The Morgan fingerprint density at radius 1 is 1.14 bits per heavy atom. The Hall–Kier alpha value is -2.41. The molecular formula is C22H22F3N3S. The van der Waals surface area contributed by atoms with Crippen LogP contribution in [0.15, 0.2) is 59.6 Å². The molecule has 4 rings (SSSR count). The van der Waals surface area contributed by atoms with Gasteiger partial charge < -0.3 is 4.90 Å². The number of nitrogens with zero attached hydrogens (tertiary/aromatic N) is 3. The minimum atomic E-state index is -4.33. The van der Waals surface area contributed by atoms with Crippen LogP contribution in [-0.4, -0.2) is 16.3 Å². The average Bonchev–Trinajstić information content (AvgIpc) is 2.89. The number of aromatic nitrogens is 2. The van der Waals surface area contributed by atoms with Crippen molar-refractivity contribution >= 4 is 17.4 Å². The van der Waals surface area contributed by atoms with Crippen LogP contribution in [0.1, 0.15) is 34.1 Å². The first-order chi connectivity index (χ1) is 13.8. The van der Waals surface area contributed by atoms with Gasteiger partial charge in [0.1, 0.15) is 0 Å². The first-order valence-electron chi connectivity index (χ1n) is 9.48. The largest absolute Gasteiger partial charge is 0.416 e. The highest BCUT2D eigenvalue weighted by atomic mass is 32.2. The van der Waals surface area contributed by atoms with Gasteiger partial charge in [-0.1, -0.05) is 30.3 Å². The van der Waals surface area contributed by atoms with E-state index in [2.05, 4.69) is 22.1 Å². The molecule has 29 heavy (non-hydrogen) atoms. The highest BCUT2D eigenvalue weighted by Gasteiger charge is 2.32. The van der Waals surface area contributed by atoms with Crippen LogP contribution in [-0.2, 0) is 19.8 Å². The van der Waals surface area contributed by atoms with Crippen LogP contribution in [0, 0.1) is 6.92 Å². The van der Waals surface area contributed by atoms with E-state index in [1.807, 2.05) is 37.0 Å². The molecular weight excluding hydrogens is 395 g/mol. The molecule has 1 aliphatic rings. The summed E-state index contributed by atoms with van der Waals surface area (Å²) in [6.45, 7) is 3.49. The molecule has 0 spiro atoms. The van der Waals surface area contributed by atoms with Gasteiger partial charge in [-0.05, 0) is 37.1 Å². The number of rotatable bonds is 3. The standard InChI is InChI=1S/C22H22F3N3S/c1-15-17(13-27(2)26-15)14-28-11-10-20(29-21-9-4-3-8-19(21)28)16-6-5-7-18(12-16)22(23,24)25/h3-9,12-13,20H,10-11,14H2,1-2H3. The number of benzene rings is 2. The van der Waals surface area contributed by atoms with Crippen LogP contribution in [0.4, 0.5) is 18.9 Å². The van der Waals surface area contributed by atoms with Crippen molar-refractivity contribution in [3.05, 3.63) is 77.1 Å². The second-order valence-corrected chi connectivity index (χ2v) is 8.57. The minimum Gasteiger partial charge on any atom is -0.366 e. The maximum Gasteiger partial charge on any atom is 0.416 e. The maximum atomic E-state index is 13.2. The zero-order valence-corrected chi connectivity index (χ0v) is 17.1. The highest BCUT2D eigenvalue weighted by Crippen LogP contribution is 2.46. The number of anilines is 1. The van der Waals surface area contributed by atoms with E-state index in [4.69, 9.17) is 0 Å². The van der Waals surface area contributed by atoms with Crippen molar-refractivity contribution in [3.63, 3.8) is 0 Å². The van der Waals surface area contributed by atoms with Crippen molar-refractivity contribution in [2.75, 3.05) is 11.4 Å². The van der Waals surface area contributed by atoms with Crippen molar-refractivity contribution in [2.45, 2.75) is 36.2 Å². The van der Waals surface area contributed by atoms with Gasteiger partial charge in [0.25, 0.3) is 0 Å². The monoisotopic (exact) mass is 417 g/mol. The van der Waals surface area contributed by atoms with Gasteiger partial charge in [-0.3, -0.25) is 4.68 Å². The van der Waals surface area contributed by atoms with Crippen LogP contribution in [0.25, 0.3) is 0 Å². The molecule has 2 heterocycles. The minimum absolute atomic E-state index is 0.0292. The second kappa shape index (κ2) is 7.78. The molecule has 1 atom stereocenters. The van der Waals surface area contributed by atoms with E-state index in [1.54, 1.807) is 17.8 Å². The third-order valence-electron chi connectivity index (χ3n) is 5.20. The first kappa shape index (κ1) is 19.9. The second-order valence-electron chi connectivity index (χ2n) is 7.32. The summed E-state index contributed by atoms with van der Waals surface area (Å²) in [6, 6.07) is 13.9. The van der Waals surface area contributed by atoms with E-state index >= 15 is 0 Å². The molecule has 0 fully saturated rings. The maximum absolute atomic E-state index is 13.2. The first-order valence-corrected chi connectivity index (χ1v) is 10.4. The van der Waals surface area contributed by atoms with E-state index in [0.717, 1.165) is 53.0 Å². The molecule has 1 aromatic heterocycles. The normalized spacial score (nSPS) is 17.1. The fourth-order valence-electron chi connectivity index (χ4n) is 3.75. The third kappa shape index (κ3) is 4.29. The fourth-order valence-corrected chi connectivity index (χ4v) is 5.04. The van der Waals surface area contributed by atoms with Gasteiger partial charge in [0, 0.05) is 42.0 Å². The Bertz CT molecular complexity index is 1010. The highest BCUT2D eigenvalue weighted by molar-refractivity contribution is 7.99. The zero-order chi connectivity index (χ0) is 20.6. The molecule has 1 unspecified atom stereocenters. The molecule has 152 valence electrons. The molecule has 0 amide bonds. The summed E-state index contributed by atoms with van der Waals surface area (Å²) in [4.78, 5) is 3.40. The van der Waals surface area contributed by atoms with Crippen molar-refractivity contribution < 1.29 is 13.2 Å². The summed E-state index contributed by atoms with van der Waals surface area (Å²) in [6.07, 6.45) is -1.53. The van der Waals surface area contributed by atoms with Gasteiger partial charge in [-0.2, -0.15) is 18.3 Å². The van der Waals surface area contributed by atoms with Gasteiger partial charge in [0.2, 0.25) is 0 Å². The number of hydrogen-bond donors (Lipinski definition) is 0. The number of aryl methyl sites for hydroxylation is 2. The van der Waals surface area contributed by atoms with Crippen LogP contribution >= 0.6 is 11.8 Å². The summed E-state index contributed by atoms with van der Waals surface area (Å²) < 4.78 is 41.3. The van der Waals surface area contributed by atoms with Crippen molar-refractivity contribution in [3.8, 4) is 0 Å². The van der Waals surface area contributed by atoms with Gasteiger partial charge in [-0.25, -0.2) is 0 Å². The molecule has 0 N–H and O–H groups in total. The fraction of sp³-hybridized carbons (Fsp3) is 0.318. The van der Waals surface area contributed by atoms with E-state index in [1.165, 1.54) is 12.1 Å². The van der Waals surface area contributed by atoms with E-state index < -0.39 is 11.7 Å². The zero-order valence-electron chi connectivity index (χ0n) is 16.3. The quantitative estimate of drug-likeness (QED) is 0.522. The lowest BCUT2D eigenvalue weighted by molar-refractivity contribution is -0.137. The topological polar surface area (TPSA) is 21.1 Å². The van der Waals surface area contributed by atoms with Crippen molar-refractivity contribution in [2.24, 2.45) is 7.05 Å². The summed E-state index contributed by atoms with van der Waals surface area (Å²) in [5.74, 6) is 0. The summed E-state index contributed by atoms with van der Waals surface area (Å²) in [5, 5.41) is 4.40. The molecule has 0 saturated heterocycles. The molecule has 3 aromatic rings. The Morgan fingerprint density at radius 3 is 2.66 bits per heavy atom. The molecule has 0 radical (unpaired) electrons. The predicted octanol–water partition coefficient (Wildman–Crippen LogP) is 5.99. The van der Waals surface area contributed by atoms with Crippen LogP contribution < -0.4 is 4.90 Å². The Kier molecular flexibility index (Phi) is 5.34. The Morgan fingerprint density at radius 2 is 1.93 bits per heavy atom. The van der Waals surface area contributed by atoms with Crippen LogP contribution in [0.2, 0.25) is 0 Å². The molecule has 0 saturated carbocycles. The number of fused-ring (bicyclic) bond motifs is 1. The summed E-state index contributed by atoms with van der Waals surface area (Å²) in [7, 11) is 1.91. The molecule has 0 bridgehead atoms. The summed E-state index contributed by atoms with van der Waals surface area (Å²) in [5.41, 5.74) is 3.41. The third-order valence-corrected chi connectivity index (χ3v) is 6.59. The van der Waals surface area contributed by atoms with Gasteiger partial charge >= 0.3 is 6.18 Å². The Balaban J connectivity index is 1.64. The number of halogens is 3. The number of thioether (sulfide) groups is 1. The predicted molar refractivity (Wildman–Crippen MR) is 110 cm³/mol. The Labute approximate surface area is 172 Å². The van der Waals surface area contributed by atoms with Gasteiger partial charge in [0.05, 0.1) is 16.9 Å². The molecule has 3 nitrogen and oxygen atoms in total. The average molecular weight is 418 g/mol. The van der Waals surface area contributed by atoms with E-state index in [-0.39, 0.29) is 5.25 Å². The summed E-state index contributed by atoms with van der Waals surface area (Å²) >= 11 is 1.64. The van der Waals surface area contributed by atoms with Crippen molar-refractivity contribution in [1.29, 1.82) is 0 Å². The number of hydrogen-bond acceptors (Lipinski definition) is 3. The number of alkyl halides is 3. The number of para-hydroxylation sites is 1. The smallest absolute Gasteiger partial charge is 0.366 e. The van der Waals surface area contributed by atoms with Gasteiger partial charge in [-0.15, -0.1) is 11.8 Å². The lowest BCUT2D eigenvalue weighted by atomic mass is 10.1. The van der Waals surface area contributed by atoms with Crippen molar-refractivity contribution in [1.82, 2.24) is 9.78 Å². The van der Waals surface area contributed by atoms with Crippen LogP contribution in [0.5, 0.6) is 0 Å². The SMILES string of the molecule is Cc1nn(C)cc1CN1CCC(c2cccc(C(F)(F)F)c2)Sc2ccccc21. The molecule has 2 aromatic carbocycles. The lowest BCUT2D eigenvalue weighted by Crippen LogP contribution is -2.24. The lowest BCUT2D eigenvalue weighted by Gasteiger charge is -2.24. The molecule has 0 aliphatic carbocycles.